The van der Waals surface area contributed by atoms with Gasteiger partial charge in [-0.15, -0.1) is 11.6 Å². The lowest BCUT2D eigenvalue weighted by molar-refractivity contribution is 0.417. The van der Waals surface area contributed by atoms with Gasteiger partial charge in [-0.05, 0) is 24.1 Å². The van der Waals surface area contributed by atoms with Crippen molar-refractivity contribution in [3.8, 4) is 0 Å². The highest BCUT2D eigenvalue weighted by Gasteiger charge is 2.22. The molecule has 102 valence electrons. The fourth-order valence-corrected chi connectivity index (χ4v) is 3.20. The van der Waals surface area contributed by atoms with Gasteiger partial charge in [-0.2, -0.15) is 0 Å². The molecular formula is C12H17ClFNO2S. The van der Waals surface area contributed by atoms with Gasteiger partial charge in [0.2, 0.25) is 10.0 Å². The van der Waals surface area contributed by atoms with Crippen molar-refractivity contribution in [2.24, 2.45) is 5.92 Å². The van der Waals surface area contributed by atoms with Gasteiger partial charge in [-0.1, -0.05) is 13.8 Å². The number of sulfonamides is 1. The molecule has 0 amide bonds. The first kappa shape index (κ1) is 15.4. The molecule has 1 aromatic rings. The SMILES string of the molecule is CC(C)CN(C)S(=O)(=O)c1ccc(F)c(CCl)c1. The highest BCUT2D eigenvalue weighted by Crippen LogP contribution is 2.20. The maximum absolute atomic E-state index is 13.3. The largest absolute Gasteiger partial charge is 0.242 e. The molecule has 0 aliphatic heterocycles. The topological polar surface area (TPSA) is 37.4 Å². The first-order valence-electron chi connectivity index (χ1n) is 5.59. The fraction of sp³-hybridized carbons (Fsp3) is 0.500. The molecule has 0 fully saturated rings. The molecule has 0 bridgehead atoms. The van der Waals surface area contributed by atoms with Crippen molar-refractivity contribution in [3.63, 3.8) is 0 Å². The second kappa shape index (κ2) is 5.99. The van der Waals surface area contributed by atoms with Crippen molar-refractivity contribution in [1.82, 2.24) is 4.31 Å². The lowest BCUT2D eigenvalue weighted by Gasteiger charge is -2.19. The quantitative estimate of drug-likeness (QED) is 0.783. The predicted octanol–water partition coefficient (Wildman–Crippen LogP) is 2.84. The first-order chi connectivity index (χ1) is 8.28. The van der Waals surface area contributed by atoms with Crippen LogP contribution in [-0.4, -0.2) is 26.3 Å². The minimum atomic E-state index is -3.58. The lowest BCUT2D eigenvalue weighted by atomic mass is 10.2. The van der Waals surface area contributed by atoms with Crippen LogP contribution < -0.4 is 0 Å². The van der Waals surface area contributed by atoms with E-state index in [2.05, 4.69) is 0 Å². The van der Waals surface area contributed by atoms with Crippen molar-refractivity contribution in [3.05, 3.63) is 29.6 Å². The van der Waals surface area contributed by atoms with Crippen LogP contribution in [0, 0.1) is 11.7 Å². The smallest absolute Gasteiger partial charge is 0.207 e. The predicted molar refractivity (Wildman–Crippen MR) is 70.6 cm³/mol. The molecule has 0 saturated heterocycles. The zero-order valence-corrected chi connectivity index (χ0v) is 12.2. The van der Waals surface area contributed by atoms with Gasteiger partial charge in [0.25, 0.3) is 0 Å². The molecule has 0 aliphatic rings. The first-order valence-corrected chi connectivity index (χ1v) is 7.57. The van der Waals surface area contributed by atoms with Gasteiger partial charge in [-0.25, -0.2) is 17.1 Å². The van der Waals surface area contributed by atoms with Crippen molar-refractivity contribution in [2.75, 3.05) is 13.6 Å². The summed E-state index contributed by atoms with van der Waals surface area (Å²) in [5, 5.41) is 0. The van der Waals surface area contributed by atoms with E-state index in [1.165, 1.54) is 23.5 Å². The van der Waals surface area contributed by atoms with E-state index in [0.29, 0.717) is 6.54 Å². The van der Waals surface area contributed by atoms with Gasteiger partial charge in [-0.3, -0.25) is 0 Å². The second-order valence-electron chi connectivity index (χ2n) is 4.57. The highest BCUT2D eigenvalue weighted by molar-refractivity contribution is 7.89. The zero-order chi connectivity index (χ0) is 13.9. The standard InChI is InChI=1S/C12H17ClFNO2S/c1-9(2)8-15(3)18(16,17)11-4-5-12(14)10(6-11)7-13/h4-6,9H,7-8H2,1-3H3. The molecule has 1 aromatic carbocycles. The van der Waals surface area contributed by atoms with Crippen molar-refractivity contribution in [1.29, 1.82) is 0 Å². The summed E-state index contributed by atoms with van der Waals surface area (Å²) in [5.41, 5.74) is 0.190. The summed E-state index contributed by atoms with van der Waals surface area (Å²) in [6.07, 6.45) is 0. The van der Waals surface area contributed by atoms with E-state index in [4.69, 9.17) is 11.6 Å². The Labute approximate surface area is 113 Å². The van der Waals surface area contributed by atoms with Crippen LogP contribution in [0.4, 0.5) is 4.39 Å². The molecule has 0 heterocycles. The van der Waals surface area contributed by atoms with E-state index in [9.17, 15) is 12.8 Å². The summed E-state index contributed by atoms with van der Waals surface area (Å²) in [7, 11) is -2.06. The Bertz CT molecular complexity index is 517. The van der Waals surface area contributed by atoms with Crippen molar-refractivity contribution < 1.29 is 12.8 Å². The number of nitrogens with zero attached hydrogens (tertiary/aromatic N) is 1. The molecule has 3 nitrogen and oxygen atoms in total. The van der Waals surface area contributed by atoms with Gasteiger partial charge >= 0.3 is 0 Å². The van der Waals surface area contributed by atoms with E-state index >= 15 is 0 Å². The van der Waals surface area contributed by atoms with Gasteiger partial charge in [0, 0.05) is 19.2 Å². The average molecular weight is 294 g/mol. The molecule has 1 rings (SSSR count). The molecule has 18 heavy (non-hydrogen) atoms. The molecule has 0 radical (unpaired) electrons. The molecule has 0 saturated carbocycles. The normalized spacial score (nSPS) is 12.4. The lowest BCUT2D eigenvalue weighted by Crippen LogP contribution is -2.30. The fourth-order valence-electron chi connectivity index (χ4n) is 1.61. The Morgan fingerprint density at radius 2 is 2.00 bits per heavy atom. The Morgan fingerprint density at radius 3 is 2.50 bits per heavy atom. The Kier molecular flexibility index (Phi) is 5.13. The van der Waals surface area contributed by atoms with E-state index in [1.807, 2.05) is 13.8 Å². The van der Waals surface area contributed by atoms with Crippen LogP contribution in [0.3, 0.4) is 0 Å². The van der Waals surface area contributed by atoms with E-state index < -0.39 is 15.8 Å². The molecule has 0 unspecified atom stereocenters. The third-order valence-corrected chi connectivity index (χ3v) is 4.60. The maximum atomic E-state index is 13.3. The summed E-state index contributed by atoms with van der Waals surface area (Å²) < 4.78 is 39.0. The Morgan fingerprint density at radius 1 is 1.39 bits per heavy atom. The van der Waals surface area contributed by atoms with Crippen molar-refractivity contribution >= 4 is 21.6 Å². The number of benzene rings is 1. The van der Waals surface area contributed by atoms with Crippen LogP contribution in [-0.2, 0) is 15.9 Å². The summed E-state index contributed by atoms with van der Waals surface area (Å²) in [6, 6.07) is 3.68. The molecule has 0 atom stereocenters. The van der Waals surface area contributed by atoms with E-state index in [1.54, 1.807) is 0 Å². The van der Waals surface area contributed by atoms with Gasteiger partial charge in [0.05, 0.1) is 10.8 Å². The van der Waals surface area contributed by atoms with Gasteiger partial charge in [0.1, 0.15) is 5.82 Å². The number of rotatable bonds is 5. The number of halogens is 2. The summed E-state index contributed by atoms with van der Waals surface area (Å²) in [4.78, 5) is 0.0719. The van der Waals surface area contributed by atoms with Crippen LogP contribution >= 0.6 is 11.6 Å². The molecule has 0 aliphatic carbocycles. The molecular weight excluding hydrogens is 277 g/mol. The summed E-state index contributed by atoms with van der Waals surface area (Å²) in [5.74, 6) is -0.323. The third kappa shape index (κ3) is 3.43. The van der Waals surface area contributed by atoms with Crippen LogP contribution in [0.25, 0.3) is 0 Å². The van der Waals surface area contributed by atoms with E-state index in [0.717, 1.165) is 6.07 Å². The van der Waals surface area contributed by atoms with Crippen molar-refractivity contribution in [2.45, 2.75) is 24.6 Å². The Hall–Kier alpha value is -0.650. The molecule has 0 N–H and O–H groups in total. The Balaban J connectivity index is 3.12. The highest BCUT2D eigenvalue weighted by atomic mass is 35.5. The molecule has 6 heteroatoms. The molecule has 0 spiro atoms. The second-order valence-corrected chi connectivity index (χ2v) is 6.88. The third-order valence-electron chi connectivity index (χ3n) is 2.49. The summed E-state index contributed by atoms with van der Waals surface area (Å²) >= 11 is 5.57. The minimum Gasteiger partial charge on any atom is -0.207 e. The van der Waals surface area contributed by atoms with Crippen LogP contribution in [0.2, 0.25) is 0 Å². The maximum Gasteiger partial charge on any atom is 0.242 e. The summed E-state index contributed by atoms with van der Waals surface area (Å²) in [6.45, 7) is 4.28. The molecule has 0 aromatic heterocycles. The van der Waals surface area contributed by atoms with E-state index in [-0.39, 0.29) is 22.3 Å². The number of alkyl halides is 1. The van der Waals surface area contributed by atoms with Crippen LogP contribution in [0.5, 0.6) is 0 Å². The average Bonchev–Trinajstić information content (AvgIpc) is 2.28. The zero-order valence-electron chi connectivity index (χ0n) is 10.7. The monoisotopic (exact) mass is 293 g/mol. The van der Waals surface area contributed by atoms with Crippen LogP contribution in [0.1, 0.15) is 19.4 Å². The van der Waals surface area contributed by atoms with Gasteiger partial charge in [0.15, 0.2) is 0 Å². The minimum absolute atomic E-state index is 0.0525. The number of hydrogen-bond donors (Lipinski definition) is 0. The number of hydrogen-bond acceptors (Lipinski definition) is 2. The van der Waals surface area contributed by atoms with Crippen LogP contribution in [0.15, 0.2) is 23.1 Å². The van der Waals surface area contributed by atoms with Gasteiger partial charge < -0.3 is 0 Å².